The van der Waals surface area contributed by atoms with Crippen LogP contribution in [-0.4, -0.2) is 0 Å². The second kappa shape index (κ2) is 6.20. The number of allylic oxidation sites excluding steroid dienone is 1. The van der Waals surface area contributed by atoms with Crippen LogP contribution in [0.15, 0.2) is 61.2 Å². The molecule has 0 fully saturated rings. The van der Waals surface area contributed by atoms with Gasteiger partial charge in [-0.05, 0) is 35.1 Å². The first-order valence-electron chi connectivity index (χ1n) is 6.61. The van der Waals surface area contributed by atoms with E-state index in [1.54, 1.807) is 0 Å². The van der Waals surface area contributed by atoms with Crippen LogP contribution < -0.4 is 0 Å². The van der Waals surface area contributed by atoms with Crippen LogP contribution in [0.25, 0.3) is 5.57 Å². The van der Waals surface area contributed by atoms with Crippen LogP contribution >= 0.6 is 0 Å². The van der Waals surface area contributed by atoms with Crippen LogP contribution in [0.2, 0.25) is 0 Å². The molecule has 2 rings (SSSR count). The molecule has 0 saturated carbocycles. The fraction of sp³-hybridized carbons (Fsp3) is 0.222. The highest BCUT2D eigenvalue weighted by atomic mass is 14.1. The van der Waals surface area contributed by atoms with Crippen molar-refractivity contribution in [3.8, 4) is 0 Å². The molecule has 0 spiro atoms. The van der Waals surface area contributed by atoms with Gasteiger partial charge in [-0.2, -0.15) is 0 Å². The Kier molecular flexibility index (Phi) is 4.35. The van der Waals surface area contributed by atoms with Gasteiger partial charge in [-0.25, -0.2) is 0 Å². The van der Waals surface area contributed by atoms with Crippen molar-refractivity contribution in [2.75, 3.05) is 0 Å². The van der Waals surface area contributed by atoms with E-state index in [0.717, 1.165) is 12.8 Å². The third-order valence-electron chi connectivity index (χ3n) is 3.18. The Hall–Kier alpha value is -1.82. The Morgan fingerprint density at radius 3 is 2.33 bits per heavy atom. The highest BCUT2D eigenvalue weighted by Gasteiger charge is 2.05. The van der Waals surface area contributed by atoms with Crippen molar-refractivity contribution in [1.29, 1.82) is 0 Å². The Morgan fingerprint density at radius 1 is 0.944 bits per heavy atom. The summed E-state index contributed by atoms with van der Waals surface area (Å²) >= 11 is 0. The van der Waals surface area contributed by atoms with E-state index in [9.17, 15) is 0 Å². The van der Waals surface area contributed by atoms with Crippen LogP contribution in [0.5, 0.6) is 0 Å². The van der Waals surface area contributed by atoms with E-state index in [-0.39, 0.29) is 0 Å². The van der Waals surface area contributed by atoms with Gasteiger partial charge < -0.3 is 0 Å². The number of aryl methyl sites for hydroxylation is 1. The molecule has 92 valence electrons. The Labute approximate surface area is 110 Å². The summed E-state index contributed by atoms with van der Waals surface area (Å²) in [5.41, 5.74) is 5.28. The summed E-state index contributed by atoms with van der Waals surface area (Å²) in [5.74, 6) is 0. The molecule has 0 radical (unpaired) electrons. The second-order valence-electron chi connectivity index (χ2n) is 4.67. The van der Waals surface area contributed by atoms with E-state index < -0.39 is 0 Å². The predicted molar refractivity (Wildman–Crippen MR) is 79.6 cm³/mol. The van der Waals surface area contributed by atoms with E-state index in [2.05, 4.69) is 68.1 Å². The molecule has 0 N–H and O–H groups in total. The first kappa shape index (κ1) is 12.6. The molecule has 0 aromatic heterocycles. The first-order valence-corrected chi connectivity index (χ1v) is 6.61. The number of hydrogen-bond acceptors (Lipinski definition) is 0. The second-order valence-corrected chi connectivity index (χ2v) is 4.67. The number of rotatable bonds is 5. The lowest BCUT2D eigenvalue weighted by Gasteiger charge is -2.11. The highest BCUT2D eigenvalue weighted by Crippen LogP contribution is 2.22. The van der Waals surface area contributed by atoms with Crippen molar-refractivity contribution in [3.63, 3.8) is 0 Å². The monoisotopic (exact) mass is 236 g/mol. The van der Waals surface area contributed by atoms with E-state index in [1.165, 1.54) is 28.7 Å². The molecule has 0 nitrogen and oxygen atoms in total. The van der Waals surface area contributed by atoms with Gasteiger partial charge in [0.1, 0.15) is 0 Å². The van der Waals surface area contributed by atoms with E-state index >= 15 is 0 Å². The maximum absolute atomic E-state index is 4.26. The molecule has 0 atom stereocenters. The van der Waals surface area contributed by atoms with Crippen molar-refractivity contribution >= 4 is 5.57 Å². The molecular formula is C18H20. The summed E-state index contributed by atoms with van der Waals surface area (Å²) in [6.45, 7) is 6.48. The highest BCUT2D eigenvalue weighted by molar-refractivity contribution is 5.68. The van der Waals surface area contributed by atoms with Crippen LogP contribution in [0.1, 0.15) is 30.0 Å². The maximum Gasteiger partial charge on any atom is -0.00256 e. The van der Waals surface area contributed by atoms with Crippen LogP contribution in [-0.2, 0) is 12.8 Å². The van der Waals surface area contributed by atoms with E-state index in [0.29, 0.717) is 0 Å². The standard InChI is InChI=1S/C18H20/c1-3-9-17-12-7-8-13-18(17)15(2)14-16-10-5-4-6-11-16/h4-8,10-13H,2-3,9,14H2,1H3. The van der Waals surface area contributed by atoms with Crippen LogP contribution in [0.3, 0.4) is 0 Å². The van der Waals surface area contributed by atoms with Crippen molar-refractivity contribution in [2.24, 2.45) is 0 Å². The van der Waals surface area contributed by atoms with Gasteiger partial charge in [0.15, 0.2) is 0 Å². The topological polar surface area (TPSA) is 0 Å². The average molecular weight is 236 g/mol. The van der Waals surface area contributed by atoms with Gasteiger partial charge >= 0.3 is 0 Å². The molecule has 18 heavy (non-hydrogen) atoms. The number of benzene rings is 2. The minimum Gasteiger partial charge on any atom is -0.0949 e. The van der Waals surface area contributed by atoms with E-state index in [1.807, 2.05) is 0 Å². The Balaban J connectivity index is 2.19. The molecule has 0 saturated heterocycles. The summed E-state index contributed by atoms with van der Waals surface area (Å²) in [7, 11) is 0. The quantitative estimate of drug-likeness (QED) is 0.693. The van der Waals surface area contributed by atoms with Gasteiger partial charge in [0, 0.05) is 0 Å². The van der Waals surface area contributed by atoms with Crippen molar-refractivity contribution < 1.29 is 0 Å². The molecule has 0 aliphatic carbocycles. The summed E-state index contributed by atoms with van der Waals surface area (Å²) in [5, 5.41) is 0. The molecule has 0 amide bonds. The molecular weight excluding hydrogens is 216 g/mol. The molecule has 0 bridgehead atoms. The molecule has 2 aromatic carbocycles. The lowest BCUT2D eigenvalue weighted by Crippen LogP contribution is -1.95. The third kappa shape index (κ3) is 3.10. The Morgan fingerprint density at radius 2 is 1.61 bits per heavy atom. The Bertz CT molecular complexity index is 509. The largest absolute Gasteiger partial charge is 0.0949 e. The zero-order valence-corrected chi connectivity index (χ0v) is 11.0. The molecule has 0 unspecified atom stereocenters. The summed E-state index contributed by atoms with van der Waals surface area (Å²) in [4.78, 5) is 0. The van der Waals surface area contributed by atoms with Crippen molar-refractivity contribution in [2.45, 2.75) is 26.2 Å². The van der Waals surface area contributed by atoms with Crippen molar-refractivity contribution in [3.05, 3.63) is 77.9 Å². The maximum atomic E-state index is 4.26. The molecule has 0 aliphatic rings. The molecule has 0 heterocycles. The average Bonchev–Trinajstić information content (AvgIpc) is 2.41. The fourth-order valence-electron chi connectivity index (χ4n) is 2.29. The van der Waals surface area contributed by atoms with Gasteiger partial charge in [-0.3, -0.25) is 0 Å². The molecule has 2 aromatic rings. The molecule has 0 aliphatic heterocycles. The summed E-state index contributed by atoms with van der Waals surface area (Å²) < 4.78 is 0. The normalized spacial score (nSPS) is 10.3. The van der Waals surface area contributed by atoms with Gasteiger partial charge in [-0.1, -0.05) is 74.5 Å². The predicted octanol–water partition coefficient (Wildman–Crippen LogP) is 4.90. The van der Waals surface area contributed by atoms with Gasteiger partial charge in [0.2, 0.25) is 0 Å². The third-order valence-corrected chi connectivity index (χ3v) is 3.18. The van der Waals surface area contributed by atoms with Crippen LogP contribution in [0.4, 0.5) is 0 Å². The smallest absolute Gasteiger partial charge is 0.00256 e. The van der Waals surface area contributed by atoms with Gasteiger partial charge in [-0.15, -0.1) is 0 Å². The zero-order chi connectivity index (χ0) is 12.8. The van der Waals surface area contributed by atoms with Crippen molar-refractivity contribution in [1.82, 2.24) is 0 Å². The minimum absolute atomic E-state index is 0.932. The van der Waals surface area contributed by atoms with Gasteiger partial charge in [0.05, 0.1) is 0 Å². The van der Waals surface area contributed by atoms with E-state index in [4.69, 9.17) is 0 Å². The SMILES string of the molecule is C=C(Cc1ccccc1)c1ccccc1CCC. The lowest BCUT2D eigenvalue weighted by atomic mass is 9.94. The molecule has 0 heteroatoms. The van der Waals surface area contributed by atoms with Crippen LogP contribution in [0, 0.1) is 0 Å². The number of hydrogen-bond donors (Lipinski definition) is 0. The minimum atomic E-state index is 0.932. The first-order chi connectivity index (χ1) is 8.81. The fourth-order valence-corrected chi connectivity index (χ4v) is 2.29. The summed E-state index contributed by atoms with van der Waals surface area (Å²) in [6.07, 6.45) is 3.24. The zero-order valence-electron chi connectivity index (χ0n) is 11.0. The lowest BCUT2D eigenvalue weighted by molar-refractivity contribution is 0.917. The summed E-state index contributed by atoms with van der Waals surface area (Å²) in [6, 6.07) is 19.2. The van der Waals surface area contributed by atoms with Gasteiger partial charge in [0.25, 0.3) is 0 Å².